The van der Waals surface area contributed by atoms with Crippen LogP contribution >= 0.6 is 27.3 Å². The lowest BCUT2D eigenvalue weighted by atomic mass is 10.4. The predicted octanol–water partition coefficient (Wildman–Crippen LogP) is 3.54. The van der Waals surface area contributed by atoms with Crippen LogP contribution in [0, 0.1) is 13.8 Å². The van der Waals surface area contributed by atoms with Gasteiger partial charge in [0.1, 0.15) is 10.7 Å². The third kappa shape index (κ3) is 2.63. The van der Waals surface area contributed by atoms with Crippen molar-refractivity contribution in [1.29, 1.82) is 0 Å². The second-order valence-corrected chi connectivity index (χ2v) is 6.89. The molecule has 0 aliphatic heterocycles. The van der Waals surface area contributed by atoms with Crippen molar-refractivity contribution in [3.8, 4) is 0 Å². The summed E-state index contributed by atoms with van der Waals surface area (Å²) < 4.78 is 7.94. The molecule has 3 heterocycles. The van der Waals surface area contributed by atoms with Crippen molar-refractivity contribution >= 4 is 44.3 Å². The number of nitrogens with zero attached hydrogens (tertiary/aromatic N) is 2. The van der Waals surface area contributed by atoms with E-state index in [-0.39, 0.29) is 5.91 Å². The van der Waals surface area contributed by atoms with Gasteiger partial charge in [-0.05, 0) is 29.8 Å². The lowest BCUT2D eigenvalue weighted by Gasteiger charge is -2.04. The van der Waals surface area contributed by atoms with Crippen LogP contribution < -0.4 is 5.32 Å². The molecular formula is C14H14BrN3O2S. The lowest BCUT2D eigenvalue weighted by molar-refractivity contribution is 0.0943. The molecule has 21 heavy (non-hydrogen) atoms. The van der Waals surface area contributed by atoms with Crippen molar-refractivity contribution in [2.24, 2.45) is 7.05 Å². The number of aryl methyl sites for hydroxylation is 3. The molecule has 0 aliphatic rings. The highest BCUT2D eigenvalue weighted by Gasteiger charge is 2.16. The summed E-state index contributed by atoms with van der Waals surface area (Å²) >= 11 is 4.89. The molecule has 110 valence electrons. The first-order chi connectivity index (χ1) is 9.95. The minimum Gasteiger partial charge on any atom is -0.448 e. The maximum Gasteiger partial charge on any atom is 0.268 e. The molecule has 3 rings (SSSR count). The standard InChI is InChI=1S/C14H14BrN3O2S/c1-7-8(2)21-13(17-7)6-16-14(19)10-4-11-9(18(10)3)5-12(15)20-11/h4-5H,6H2,1-3H3,(H,16,19). The Labute approximate surface area is 134 Å². The van der Waals surface area contributed by atoms with Gasteiger partial charge in [-0.15, -0.1) is 11.3 Å². The minimum absolute atomic E-state index is 0.134. The molecule has 0 spiro atoms. The summed E-state index contributed by atoms with van der Waals surface area (Å²) in [5.74, 6) is -0.134. The number of fused-ring (bicyclic) bond motifs is 1. The van der Waals surface area contributed by atoms with Crippen LogP contribution in [0.3, 0.4) is 0 Å². The Kier molecular flexibility index (Phi) is 3.62. The number of nitrogens with one attached hydrogen (secondary N) is 1. The largest absolute Gasteiger partial charge is 0.448 e. The van der Waals surface area contributed by atoms with E-state index < -0.39 is 0 Å². The highest BCUT2D eigenvalue weighted by atomic mass is 79.9. The van der Waals surface area contributed by atoms with Crippen LogP contribution in [0.1, 0.15) is 26.1 Å². The number of rotatable bonds is 3. The van der Waals surface area contributed by atoms with E-state index >= 15 is 0 Å². The lowest BCUT2D eigenvalue weighted by Crippen LogP contribution is -2.24. The Morgan fingerprint density at radius 3 is 2.86 bits per heavy atom. The maximum atomic E-state index is 12.3. The Balaban J connectivity index is 1.77. The fraction of sp³-hybridized carbons (Fsp3) is 0.286. The number of carbonyl (C=O) groups is 1. The molecule has 1 N–H and O–H groups in total. The van der Waals surface area contributed by atoms with Crippen molar-refractivity contribution < 1.29 is 9.21 Å². The molecule has 0 unspecified atom stereocenters. The number of aromatic nitrogens is 2. The monoisotopic (exact) mass is 367 g/mol. The van der Waals surface area contributed by atoms with Crippen LogP contribution in [0.4, 0.5) is 0 Å². The van der Waals surface area contributed by atoms with Gasteiger partial charge in [-0.3, -0.25) is 4.79 Å². The van der Waals surface area contributed by atoms with E-state index in [4.69, 9.17) is 4.42 Å². The minimum atomic E-state index is -0.134. The number of furan rings is 1. The van der Waals surface area contributed by atoms with Crippen LogP contribution in [0.25, 0.3) is 11.1 Å². The van der Waals surface area contributed by atoms with Crippen LogP contribution in [-0.4, -0.2) is 15.5 Å². The van der Waals surface area contributed by atoms with E-state index in [9.17, 15) is 4.79 Å². The number of hydrogen-bond donors (Lipinski definition) is 1. The average molecular weight is 368 g/mol. The molecule has 3 aromatic rings. The normalized spacial score (nSPS) is 11.2. The third-order valence-corrected chi connectivity index (χ3v) is 4.87. The quantitative estimate of drug-likeness (QED) is 0.769. The summed E-state index contributed by atoms with van der Waals surface area (Å²) in [6, 6.07) is 3.59. The zero-order valence-electron chi connectivity index (χ0n) is 11.9. The molecule has 0 aliphatic carbocycles. The van der Waals surface area contributed by atoms with Gasteiger partial charge in [0.15, 0.2) is 10.3 Å². The number of carbonyl (C=O) groups excluding carboxylic acids is 1. The van der Waals surface area contributed by atoms with Gasteiger partial charge in [0.2, 0.25) is 0 Å². The van der Waals surface area contributed by atoms with E-state index in [0.29, 0.717) is 22.5 Å². The summed E-state index contributed by atoms with van der Waals surface area (Å²) in [5.41, 5.74) is 3.16. The number of thiazole rings is 1. The first-order valence-corrected chi connectivity index (χ1v) is 8.02. The Morgan fingerprint density at radius 2 is 2.24 bits per heavy atom. The maximum absolute atomic E-state index is 12.3. The van der Waals surface area contributed by atoms with E-state index in [1.165, 1.54) is 4.88 Å². The predicted molar refractivity (Wildman–Crippen MR) is 85.6 cm³/mol. The number of hydrogen-bond acceptors (Lipinski definition) is 4. The van der Waals surface area contributed by atoms with Gasteiger partial charge in [-0.25, -0.2) is 4.98 Å². The van der Waals surface area contributed by atoms with Crippen LogP contribution in [0.2, 0.25) is 0 Å². The third-order valence-electron chi connectivity index (χ3n) is 3.41. The fourth-order valence-corrected chi connectivity index (χ4v) is 3.43. The first-order valence-electron chi connectivity index (χ1n) is 6.41. The van der Waals surface area contributed by atoms with E-state index in [0.717, 1.165) is 16.2 Å². The van der Waals surface area contributed by atoms with Gasteiger partial charge >= 0.3 is 0 Å². The molecule has 5 nitrogen and oxygen atoms in total. The molecule has 1 amide bonds. The molecule has 7 heteroatoms. The van der Waals surface area contributed by atoms with Crippen molar-refractivity contribution in [3.63, 3.8) is 0 Å². The van der Waals surface area contributed by atoms with Gasteiger partial charge in [-0.2, -0.15) is 0 Å². The highest BCUT2D eigenvalue weighted by molar-refractivity contribution is 9.10. The first kappa shape index (κ1) is 14.3. The van der Waals surface area contributed by atoms with Gasteiger partial charge in [0.05, 0.1) is 17.8 Å². The van der Waals surface area contributed by atoms with Crippen molar-refractivity contribution in [1.82, 2.24) is 14.9 Å². The Hall–Kier alpha value is -1.60. The van der Waals surface area contributed by atoms with E-state index in [2.05, 4.69) is 26.2 Å². The summed E-state index contributed by atoms with van der Waals surface area (Å²) in [6.07, 6.45) is 0. The molecular weight excluding hydrogens is 354 g/mol. The van der Waals surface area contributed by atoms with Gasteiger partial charge in [0.25, 0.3) is 5.91 Å². The van der Waals surface area contributed by atoms with Gasteiger partial charge in [0, 0.05) is 24.1 Å². The smallest absolute Gasteiger partial charge is 0.268 e. The van der Waals surface area contributed by atoms with Crippen LogP contribution in [0.5, 0.6) is 0 Å². The number of halogens is 1. The summed E-state index contributed by atoms with van der Waals surface area (Å²) in [6.45, 7) is 4.44. The van der Waals surface area contributed by atoms with E-state index in [1.54, 1.807) is 17.4 Å². The molecule has 0 saturated heterocycles. The van der Waals surface area contributed by atoms with Crippen molar-refractivity contribution in [2.75, 3.05) is 0 Å². The highest BCUT2D eigenvalue weighted by Crippen LogP contribution is 2.26. The molecule has 0 bridgehead atoms. The zero-order valence-corrected chi connectivity index (χ0v) is 14.3. The van der Waals surface area contributed by atoms with Crippen LogP contribution in [0.15, 0.2) is 21.2 Å². The Morgan fingerprint density at radius 1 is 1.48 bits per heavy atom. The molecule has 0 atom stereocenters. The summed E-state index contributed by atoms with van der Waals surface area (Å²) in [4.78, 5) is 17.9. The molecule has 3 aromatic heterocycles. The second kappa shape index (κ2) is 5.31. The summed E-state index contributed by atoms with van der Waals surface area (Å²) in [7, 11) is 1.84. The fourth-order valence-electron chi connectivity index (χ4n) is 2.16. The molecule has 0 radical (unpaired) electrons. The average Bonchev–Trinajstić information content (AvgIpc) is 3.04. The number of amides is 1. The zero-order chi connectivity index (χ0) is 15.1. The SMILES string of the molecule is Cc1nc(CNC(=O)c2cc3oc(Br)cc3n2C)sc1C. The second-order valence-electron chi connectivity index (χ2n) is 4.82. The Bertz CT molecular complexity index is 811. The molecule has 0 fully saturated rings. The van der Waals surface area contributed by atoms with E-state index in [1.807, 2.05) is 31.5 Å². The topological polar surface area (TPSA) is 60.1 Å². The van der Waals surface area contributed by atoms with Gasteiger partial charge in [-0.1, -0.05) is 0 Å². The van der Waals surface area contributed by atoms with Gasteiger partial charge < -0.3 is 14.3 Å². The van der Waals surface area contributed by atoms with Crippen molar-refractivity contribution in [3.05, 3.63) is 38.1 Å². The van der Waals surface area contributed by atoms with Crippen molar-refractivity contribution in [2.45, 2.75) is 20.4 Å². The molecule has 0 saturated carbocycles. The molecule has 0 aromatic carbocycles. The summed E-state index contributed by atoms with van der Waals surface area (Å²) in [5, 5.41) is 3.81. The van der Waals surface area contributed by atoms with Crippen LogP contribution in [-0.2, 0) is 13.6 Å².